The number of aromatic amines is 1. The van der Waals surface area contributed by atoms with Gasteiger partial charge in [0.2, 0.25) is 0 Å². The van der Waals surface area contributed by atoms with E-state index < -0.39 is 0 Å². The van der Waals surface area contributed by atoms with Gasteiger partial charge >= 0.3 is 5.69 Å². The largest absolute Gasteiger partial charge is 0.332 e. The molecule has 0 saturated carbocycles. The van der Waals surface area contributed by atoms with Crippen molar-refractivity contribution >= 4 is 11.6 Å². The number of hydrogen-bond donors (Lipinski definition) is 2. The van der Waals surface area contributed by atoms with Gasteiger partial charge in [0, 0.05) is 31.3 Å². The molecule has 24 heavy (non-hydrogen) atoms. The summed E-state index contributed by atoms with van der Waals surface area (Å²) in [6, 6.07) is 9.80. The van der Waals surface area contributed by atoms with Crippen LogP contribution in [0.3, 0.4) is 0 Å². The van der Waals surface area contributed by atoms with Crippen molar-refractivity contribution in [2.45, 2.75) is 12.8 Å². The summed E-state index contributed by atoms with van der Waals surface area (Å²) in [5, 5.41) is 10.4. The van der Waals surface area contributed by atoms with Crippen molar-refractivity contribution < 1.29 is 0 Å². The smallest absolute Gasteiger partial charge is 0.324 e. The summed E-state index contributed by atoms with van der Waals surface area (Å²) in [6.45, 7) is 1.93. The molecule has 0 fully saturated rings. The SMILES string of the molecule is Cc1[nH]nc2c1C(c1ccccc1)c1c(n(C)c(=O)n(C)c1=O)N2. The van der Waals surface area contributed by atoms with E-state index in [1.807, 2.05) is 37.3 Å². The van der Waals surface area contributed by atoms with Gasteiger partial charge in [-0.05, 0) is 12.5 Å². The van der Waals surface area contributed by atoms with Gasteiger partial charge in [-0.15, -0.1) is 0 Å². The molecule has 0 spiro atoms. The van der Waals surface area contributed by atoms with Crippen LogP contribution in [0.25, 0.3) is 0 Å². The van der Waals surface area contributed by atoms with E-state index in [4.69, 9.17) is 0 Å². The predicted molar refractivity (Wildman–Crippen MR) is 90.9 cm³/mol. The van der Waals surface area contributed by atoms with Crippen LogP contribution in [0.5, 0.6) is 0 Å². The van der Waals surface area contributed by atoms with Crippen LogP contribution in [0.2, 0.25) is 0 Å². The van der Waals surface area contributed by atoms with E-state index in [2.05, 4.69) is 15.5 Å². The molecule has 1 unspecified atom stereocenters. The first-order valence-corrected chi connectivity index (χ1v) is 7.67. The first-order valence-electron chi connectivity index (χ1n) is 7.67. The Kier molecular flexibility index (Phi) is 2.99. The van der Waals surface area contributed by atoms with Crippen LogP contribution < -0.4 is 16.6 Å². The van der Waals surface area contributed by atoms with Crippen LogP contribution in [0.1, 0.15) is 28.3 Å². The van der Waals surface area contributed by atoms with Crippen molar-refractivity contribution in [3.05, 3.63) is 73.6 Å². The van der Waals surface area contributed by atoms with Gasteiger partial charge in [0.1, 0.15) is 5.82 Å². The van der Waals surface area contributed by atoms with Gasteiger partial charge in [0.05, 0.1) is 5.56 Å². The average Bonchev–Trinajstić information content (AvgIpc) is 2.98. The fourth-order valence-electron chi connectivity index (χ4n) is 3.40. The Morgan fingerprint density at radius 3 is 2.46 bits per heavy atom. The first kappa shape index (κ1) is 14.5. The van der Waals surface area contributed by atoms with Gasteiger partial charge in [0.25, 0.3) is 5.56 Å². The number of anilines is 2. The number of nitrogens with zero attached hydrogens (tertiary/aromatic N) is 3. The quantitative estimate of drug-likeness (QED) is 0.554. The Hall–Kier alpha value is -3.09. The molecule has 3 aromatic rings. The number of aromatic nitrogens is 4. The van der Waals surface area contributed by atoms with Crippen LogP contribution in [0.4, 0.5) is 11.6 Å². The Labute approximate surface area is 137 Å². The van der Waals surface area contributed by atoms with Crippen molar-refractivity contribution in [3.8, 4) is 0 Å². The molecule has 0 saturated heterocycles. The number of rotatable bonds is 1. The summed E-state index contributed by atoms with van der Waals surface area (Å²) in [6.07, 6.45) is 0. The number of fused-ring (bicyclic) bond motifs is 2. The van der Waals surface area contributed by atoms with E-state index in [0.717, 1.165) is 21.4 Å². The van der Waals surface area contributed by atoms with Crippen LogP contribution in [0.15, 0.2) is 39.9 Å². The minimum Gasteiger partial charge on any atom is -0.324 e. The Morgan fingerprint density at radius 1 is 1.04 bits per heavy atom. The maximum Gasteiger partial charge on any atom is 0.332 e. The van der Waals surface area contributed by atoms with E-state index in [1.165, 1.54) is 11.6 Å². The zero-order chi connectivity index (χ0) is 17.0. The lowest BCUT2D eigenvalue weighted by Crippen LogP contribution is -2.42. The second-order valence-electron chi connectivity index (χ2n) is 6.05. The highest BCUT2D eigenvalue weighted by Crippen LogP contribution is 2.42. The van der Waals surface area contributed by atoms with Gasteiger partial charge in [-0.2, -0.15) is 5.10 Å². The Balaban J connectivity index is 2.13. The van der Waals surface area contributed by atoms with Crippen LogP contribution in [-0.2, 0) is 14.1 Å². The number of nitrogens with one attached hydrogen (secondary N) is 2. The molecule has 0 radical (unpaired) electrons. The maximum absolute atomic E-state index is 12.9. The van der Waals surface area contributed by atoms with Crippen molar-refractivity contribution in [1.82, 2.24) is 19.3 Å². The number of H-pyrrole nitrogens is 1. The molecule has 3 heterocycles. The van der Waals surface area contributed by atoms with Gasteiger partial charge in [-0.1, -0.05) is 30.3 Å². The molecule has 1 aliphatic heterocycles. The second-order valence-corrected chi connectivity index (χ2v) is 6.05. The molecular formula is C17H17N5O2. The van der Waals surface area contributed by atoms with Crippen molar-refractivity contribution in [3.63, 3.8) is 0 Å². The van der Waals surface area contributed by atoms with Gasteiger partial charge in [0.15, 0.2) is 5.82 Å². The minimum absolute atomic E-state index is 0.276. The minimum atomic E-state index is -0.367. The van der Waals surface area contributed by atoms with E-state index in [-0.39, 0.29) is 17.2 Å². The molecule has 1 atom stereocenters. The lowest BCUT2D eigenvalue weighted by atomic mass is 9.83. The van der Waals surface area contributed by atoms with Crippen molar-refractivity contribution in [2.24, 2.45) is 14.1 Å². The zero-order valence-corrected chi connectivity index (χ0v) is 13.6. The molecule has 4 rings (SSSR count). The van der Waals surface area contributed by atoms with Crippen LogP contribution >= 0.6 is 0 Å². The Morgan fingerprint density at radius 2 is 1.75 bits per heavy atom. The second kappa shape index (κ2) is 4.95. The fourth-order valence-corrected chi connectivity index (χ4v) is 3.40. The summed E-state index contributed by atoms with van der Waals surface area (Å²) < 4.78 is 2.61. The zero-order valence-electron chi connectivity index (χ0n) is 13.6. The maximum atomic E-state index is 12.9. The monoisotopic (exact) mass is 323 g/mol. The highest BCUT2D eigenvalue weighted by molar-refractivity contribution is 5.71. The molecule has 1 aliphatic rings. The molecule has 7 nitrogen and oxygen atoms in total. The molecule has 0 aliphatic carbocycles. The van der Waals surface area contributed by atoms with Crippen molar-refractivity contribution in [2.75, 3.05) is 5.32 Å². The molecular weight excluding hydrogens is 306 g/mol. The average molecular weight is 323 g/mol. The first-order chi connectivity index (χ1) is 11.5. The standard InChI is InChI=1S/C17H17N5O2/c1-9-11-12(10-7-5-4-6-8-10)13-15(18-14(11)20-19-9)21(2)17(24)22(3)16(13)23/h4-8,12H,1-3H3,(H2,18,19,20). The number of benzene rings is 1. The lowest BCUT2D eigenvalue weighted by molar-refractivity contribution is 0.667. The van der Waals surface area contributed by atoms with Crippen molar-refractivity contribution in [1.29, 1.82) is 0 Å². The summed E-state index contributed by atoms with van der Waals surface area (Å²) in [5.74, 6) is 0.870. The molecule has 2 aromatic heterocycles. The molecule has 7 heteroatoms. The predicted octanol–water partition coefficient (Wildman–Crippen LogP) is 1.35. The molecule has 122 valence electrons. The fraction of sp³-hybridized carbons (Fsp3) is 0.235. The number of aryl methyl sites for hydroxylation is 1. The summed E-state index contributed by atoms with van der Waals surface area (Å²) in [4.78, 5) is 25.2. The summed E-state index contributed by atoms with van der Waals surface area (Å²) in [7, 11) is 3.16. The normalized spacial score (nSPS) is 15.5. The molecule has 2 N–H and O–H groups in total. The lowest BCUT2D eigenvalue weighted by Gasteiger charge is -2.28. The topological polar surface area (TPSA) is 84.7 Å². The van der Waals surface area contributed by atoms with E-state index >= 15 is 0 Å². The van der Waals surface area contributed by atoms with E-state index in [9.17, 15) is 9.59 Å². The van der Waals surface area contributed by atoms with Gasteiger partial charge in [-0.25, -0.2) is 4.79 Å². The summed E-state index contributed by atoms with van der Waals surface area (Å²) in [5.41, 5.74) is 2.72. The summed E-state index contributed by atoms with van der Waals surface area (Å²) >= 11 is 0. The number of hydrogen-bond acceptors (Lipinski definition) is 4. The van der Waals surface area contributed by atoms with E-state index in [0.29, 0.717) is 17.2 Å². The highest BCUT2D eigenvalue weighted by atomic mass is 16.2. The molecule has 0 amide bonds. The third kappa shape index (κ3) is 1.81. The Bertz CT molecular complexity index is 1060. The molecule has 1 aromatic carbocycles. The third-order valence-corrected chi connectivity index (χ3v) is 4.64. The van der Waals surface area contributed by atoms with Gasteiger partial charge < -0.3 is 5.32 Å². The van der Waals surface area contributed by atoms with Gasteiger partial charge in [-0.3, -0.25) is 19.0 Å². The third-order valence-electron chi connectivity index (χ3n) is 4.64. The highest BCUT2D eigenvalue weighted by Gasteiger charge is 2.35. The molecule has 0 bridgehead atoms. The van der Waals surface area contributed by atoms with E-state index in [1.54, 1.807) is 7.05 Å². The van der Waals surface area contributed by atoms with Crippen LogP contribution in [-0.4, -0.2) is 19.3 Å². The van der Waals surface area contributed by atoms with Crippen LogP contribution in [0, 0.1) is 6.92 Å².